The van der Waals surface area contributed by atoms with Crippen LogP contribution in [0.1, 0.15) is 43.3 Å². The molecule has 0 radical (unpaired) electrons. The first-order valence-corrected chi connectivity index (χ1v) is 10.7. The molecule has 180 valence electrons. The van der Waals surface area contributed by atoms with Gasteiger partial charge in [-0.05, 0) is 58.4 Å². The Kier molecular flexibility index (Phi) is 6.80. The van der Waals surface area contributed by atoms with E-state index >= 15 is 0 Å². The van der Waals surface area contributed by atoms with Gasteiger partial charge in [-0.3, -0.25) is 4.79 Å². The number of aliphatic carboxylic acids is 1. The van der Waals surface area contributed by atoms with Gasteiger partial charge in [-0.1, -0.05) is 18.2 Å². The summed E-state index contributed by atoms with van der Waals surface area (Å²) in [6, 6.07) is 6.29. The standard InChI is InChI=1S/C24H28N4O6/c1-13-10-14(2)26-17(13)11-16-15-8-6-7-9-19(15)28(20(16)29)22(32)27-18(21(30)31)12-25-23(33)34-24(3,4)5/h6-11,18,26H,12H2,1-5H3,(H,25,33)(H,27,32)(H,30,31)/b16-11-. The zero-order chi connectivity index (χ0) is 25.2. The molecule has 0 aliphatic carbocycles. The number of carboxylic acid groups (broad SMARTS) is 1. The molecule has 0 saturated heterocycles. The lowest BCUT2D eigenvalue weighted by atomic mass is 10.1. The molecular weight excluding hydrogens is 440 g/mol. The van der Waals surface area contributed by atoms with E-state index in [1.807, 2.05) is 19.9 Å². The third-order valence-electron chi connectivity index (χ3n) is 5.00. The van der Waals surface area contributed by atoms with Crippen molar-refractivity contribution in [1.82, 2.24) is 15.6 Å². The van der Waals surface area contributed by atoms with Crippen LogP contribution in [-0.4, -0.2) is 52.3 Å². The zero-order valence-corrected chi connectivity index (χ0v) is 19.7. The van der Waals surface area contributed by atoms with Gasteiger partial charge in [-0.15, -0.1) is 0 Å². The molecule has 2 heterocycles. The molecule has 1 aromatic carbocycles. The van der Waals surface area contributed by atoms with Crippen LogP contribution in [0.15, 0.2) is 30.3 Å². The van der Waals surface area contributed by atoms with Crippen LogP contribution in [-0.2, 0) is 14.3 Å². The summed E-state index contributed by atoms with van der Waals surface area (Å²) in [6.07, 6.45) is 0.854. The number of rotatable bonds is 5. The summed E-state index contributed by atoms with van der Waals surface area (Å²) >= 11 is 0. The number of hydrogen-bond donors (Lipinski definition) is 4. The summed E-state index contributed by atoms with van der Waals surface area (Å²) in [5.41, 5.74) is 3.03. The van der Waals surface area contributed by atoms with Crippen molar-refractivity contribution >= 4 is 41.3 Å². The number of nitrogens with one attached hydrogen (secondary N) is 3. The predicted molar refractivity (Wildman–Crippen MR) is 126 cm³/mol. The summed E-state index contributed by atoms with van der Waals surface area (Å²) in [4.78, 5) is 53.9. The molecule has 3 rings (SSSR count). The van der Waals surface area contributed by atoms with E-state index in [-0.39, 0.29) is 0 Å². The van der Waals surface area contributed by atoms with Gasteiger partial charge in [0.1, 0.15) is 11.6 Å². The van der Waals surface area contributed by atoms with Gasteiger partial charge in [0, 0.05) is 17.0 Å². The van der Waals surface area contributed by atoms with Crippen LogP contribution in [0.5, 0.6) is 0 Å². The van der Waals surface area contributed by atoms with Crippen LogP contribution in [0.4, 0.5) is 15.3 Å². The first kappa shape index (κ1) is 24.6. The minimum absolute atomic E-state index is 0.300. The Morgan fingerprint density at radius 2 is 1.88 bits per heavy atom. The maximum absolute atomic E-state index is 13.2. The number of imide groups is 1. The molecule has 1 aliphatic heterocycles. The number of aromatic amines is 1. The predicted octanol–water partition coefficient (Wildman–Crippen LogP) is 3.21. The number of benzene rings is 1. The molecule has 2 aromatic rings. The number of H-pyrrole nitrogens is 1. The van der Waals surface area contributed by atoms with Gasteiger partial charge in [0.05, 0.1) is 17.8 Å². The molecule has 10 nitrogen and oxygen atoms in total. The number of fused-ring (bicyclic) bond motifs is 1. The summed E-state index contributed by atoms with van der Waals surface area (Å²) in [5.74, 6) is -1.97. The Labute approximate surface area is 197 Å². The molecule has 1 aromatic heterocycles. The first-order chi connectivity index (χ1) is 15.9. The number of hydrogen-bond acceptors (Lipinski definition) is 5. The smallest absolute Gasteiger partial charge is 0.407 e. The molecule has 4 N–H and O–H groups in total. The number of urea groups is 1. The number of alkyl carbamates (subject to hydrolysis) is 1. The van der Waals surface area contributed by atoms with E-state index in [0.29, 0.717) is 16.8 Å². The lowest BCUT2D eigenvalue weighted by Crippen LogP contribution is -2.53. The van der Waals surface area contributed by atoms with Gasteiger partial charge in [0.25, 0.3) is 5.91 Å². The molecule has 0 bridgehead atoms. The van der Waals surface area contributed by atoms with Gasteiger partial charge >= 0.3 is 18.1 Å². The number of carboxylic acids is 1. The van der Waals surface area contributed by atoms with Crippen molar-refractivity contribution in [1.29, 1.82) is 0 Å². The number of carbonyl (C=O) groups is 4. The Balaban J connectivity index is 1.82. The Morgan fingerprint density at radius 3 is 2.47 bits per heavy atom. The minimum Gasteiger partial charge on any atom is -0.480 e. The highest BCUT2D eigenvalue weighted by Gasteiger charge is 2.38. The average Bonchev–Trinajstić information content (AvgIpc) is 3.19. The van der Waals surface area contributed by atoms with Crippen LogP contribution in [0, 0.1) is 13.8 Å². The third-order valence-corrected chi connectivity index (χ3v) is 5.00. The number of aromatic nitrogens is 1. The topological polar surface area (TPSA) is 141 Å². The van der Waals surface area contributed by atoms with E-state index < -0.39 is 42.2 Å². The van der Waals surface area contributed by atoms with Gasteiger partial charge in [0.2, 0.25) is 0 Å². The third kappa shape index (κ3) is 5.45. The molecule has 10 heteroatoms. The summed E-state index contributed by atoms with van der Waals surface area (Å²) in [7, 11) is 0. The molecular formula is C24H28N4O6. The summed E-state index contributed by atoms with van der Waals surface area (Å²) in [6.45, 7) is 8.38. The first-order valence-electron chi connectivity index (χ1n) is 10.7. The largest absolute Gasteiger partial charge is 0.480 e. The molecule has 1 unspecified atom stereocenters. The second-order valence-electron chi connectivity index (χ2n) is 8.99. The summed E-state index contributed by atoms with van der Waals surface area (Å²) in [5, 5.41) is 14.2. The van der Waals surface area contributed by atoms with Crippen LogP contribution in [0.2, 0.25) is 0 Å². The minimum atomic E-state index is -1.48. The molecule has 1 atom stereocenters. The highest BCUT2D eigenvalue weighted by atomic mass is 16.6. The van der Waals surface area contributed by atoms with Crippen LogP contribution in [0.3, 0.4) is 0 Å². The van der Waals surface area contributed by atoms with Crippen molar-refractivity contribution in [2.45, 2.75) is 46.3 Å². The molecule has 4 amide bonds. The second-order valence-corrected chi connectivity index (χ2v) is 8.99. The maximum Gasteiger partial charge on any atom is 0.407 e. The normalized spacial score (nSPS) is 15.1. The van der Waals surface area contributed by atoms with Crippen molar-refractivity contribution in [2.75, 3.05) is 11.4 Å². The van der Waals surface area contributed by atoms with Gasteiger partial charge in [-0.25, -0.2) is 19.3 Å². The Hall–Kier alpha value is -4.08. The van der Waals surface area contributed by atoms with Crippen LogP contribution in [0.25, 0.3) is 11.6 Å². The SMILES string of the molecule is Cc1cc(C)c(/C=C2\C(=O)N(C(=O)NC(CNC(=O)OC(C)(C)C)C(=O)O)c3ccccc32)[nH]1. The van der Waals surface area contributed by atoms with Crippen molar-refractivity contribution in [2.24, 2.45) is 0 Å². The maximum atomic E-state index is 13.2. The fourth-order valence-electron chi connectivity index (χ4n) is 3.54. The molecule has 34 heavy (non-hydrogen) atoms. The number of carbonyl (C=O) groups excluding carboxylic acids is 3. The Morgan fingerprint density at radius 1 is 1.21 bits per heavy atom. The zero-order valence-electron chi connectivity index (χ0n) is 19.7. The lowest BCUT2D eigenvalue weighted by Gasteiger charge is -2.22. The van der Waals surface area contributed by atoms with Gasteiger partial charge in [0.15, 0.2) is 0 Å². The monoisotopic (exact) mass is 468 g/mol. The average molecular weight is 469 g/mol. The van der Waals surface area contributed by atoms with Gasteiger partial charge < -0.3 is 25.5 Å². The number of ether oxygens (including phenoxy) is 1. The second kappa shape index (κ2) is 9.42. The van der Waals surface area contributed by atoms with Crippen molar-refractivity contribution in [3.63, 3.8) is 0 Å². The summed E-state index contributed by atoms with van der Waals surface area (Å²) < 4.78 is 5.09. The van der Waals surface area contributed by atoms with Gasteiger partial charge in [-0.2, -0.15) is 0 Å². The van der Waals surface area contributed by atoms with Crippen molar-refractivity contribution in [3.05, 3.63) is 52.8 Å². The lowest BCUT2D eigenvalue weighted by molar-refractivity contribution is -0.139. The molecule has 0 saturated carbocycles. The van der Waals surface area contributed by atoms with E-state index in [0.717, 1.165) is 21.9 Å². The highest BCUT2D eigenvalue weighted by molar-refractivity contribution is 6.42. The molecule has 0 spiro atoms. The molecule has 1 aliphatic rings. The highest BCUT2D eigenvalue weighted by Crippen LogP contribution is 2.38. The molecule has 0 fully saturated rings. The van der Waals surface area contributed by atoms with E-state index in [2.05, 4.69) is 15.6 Å². The van der Waals surface area contributed by atoms with E-state index in [1.165, 1.54) is 0 Å². The number of anilines is 1. The number of amides is 4. The number of nitrogens with zero attached hydrogens (tertiary/aromatic N) is 1. The number of para-hydroxylation sites is 1. The van der Waals surface area contributed by atoms with E-state index in [9.17, 15) is 24.3 Å². The fourth-order valence-corrected chi connectivity index (χ4v) is 3.54. The number of aryl methyl sites for hydroxylation is 2. The quantitative estimate of drug-likeness (QED) is 0.497. The Bertz CT molecular complexity index is 1170. The van der Waals surface area contributed by atoms with Crippen molar-refractivity contribution < 1.29 is 29.0 Å². The van der Waals surface area contributed by atoms with Crippen LogP contribution < -0.4 is 15.5 Å². The van der Waals surface area contributed by atoms with Crippen LogP contribution >= 0.6 is 0 Å². The van der Waals surface area contributed by atoms with Crippen molar-refractivity contribution in [3.8, 4) is 0 Å². The van der Waals surface area contributed by atoms with E-state index in [1.54, 1.807) is 51.1 Å². The fraction of sp³-hybridized carbons (Fsp3) is 0.333. The van der Waals surface area contributed by atoms with E-state index in [4.69, 9.17) is 4.74 Å².